The first kappa shape index (κ1) is 24.3. The maximum absolute atomic E-state index is 13.0. The molecule has 0 N–H and O–H groups in total. The summed E-state index contributed by atoms with van der Waals surface area (Å²) in [6.07, 6.45) is 1.03. The lowest BCUT2D eigenvalue weighted by molar-refractivity contribution is -0.131. The fraction of sp³-hybridized carbons (Fsp3) is 0.462. The zero-order chi connectivity index (χ0) is 24.5. The zero-order valence-electron chi connectivity index (χ0n) is 20.2. The lowest BCUT2D eigenvalue weighted by Crippen LogP contribution is -2.54. The molecule has 0 radical (unpaired) electrons. The highest BCUT2D eigenvalue weighted by Crippen LogP contribution is 2.31. The third-order valence-corrected chi connectivity index (χ3v) is 8.52. The van der Waals surface area contributed by atoms with Crippen molar-refractivity contribution >= 4 is 33.0 Å². The molecule has 1 atom stereocenters. The van der Waals surface area contributed by atoms with E-state index in [0.29, 0.717) is 32.5 Å². The van der Waals surface area contributed by atoms with Crippen molar-refractivity contribution in [1.29, 1.82) is 0 Å². The maximum atomic E-state index is 13.0. The lowest BCUT2D eigenvalue weighted by Gasteiger charge is -2.41. The highest BCUT2D eigenvalue weighted by molar-refractivity contribution is 7.91. The summed E-state index contributed by atoms with van der Waals surface area (Å²) in [5.41, 5.74) is 4.01. The highest BCUT2D eigenvalue weighted by atomic mass is 32.2. The number of sulfone groups is 1. The van der Waals surface area contributed by atoms with Gasteiger partial charge < -0.3 is 14.7 Å². The standard InChI is InChI=1S/C26H33N3O4S/c1-4-25(30)29-12-10-21-17-23(8-9-24(21)29)34(32,33)15-11-26(31)27-13-14-28(20(3)18-27)22-7-5-6-19(2)16-22/h5-9,16-17,20H,4,10-15,18H2,1-3H3/t20-/m0/s1. The summed E-state index contributed by atoms with van der Waals surface area (Å²) in [7, 11) is -3.59. The SMILES string of the molecule is CCC(=O)N1CCc2cc(S(=O)(=O)CCC(=O)N3CCN(c4cccc(C)c4)[C@@H](C)C3)ccc21. The van der Waals surface area contributed by atoms with Gasteiger partial charge in [-0.25, -0.2) is 8.42 Å². The Balaban J connectivity index is 1.36. The molecule has 0 aliphatic carbocycles. The topological polar surface area (TPSA) is 78.0 Å². The number of rotatable bonds is 6. The first-order chi connectivity index (χ1) is 16.2. The Morgan fingerprint density at radius 2 is 1.82 bits per heavy atom. The molecule has 2 heterocycles. The van der Waals surface area contributed by atoms with E-state index in [0.717, 1.165) is 23.5 Å². The Bertz CT molecular complexity index is 1190. The average molecular weight is 484 g/mol. The average Bonchev–Trinajstić information content (AvgIpc) is 3.25. The van der Waals surface area contributed by atoms with Crippen molar-refractivity contribution in [3.05, 3.63) is 53.6 Å². The highest BCUT2D eigenvalue weighted by Gasteiger charge is 2.29. The van der Waals surface area contributed by atoms with Gasteiger partial charge in [-0.05, 0) is 61.7 Å². The van der Waals surface area contributed by atoms with Crippen molar-refractivity contribution in [3.63, 3.8) is 0 Å². The number of anilines is 2. The third kappa shape index (κ3) is 4.97. The predicted octanol–water partition coefficient (Wildman–Crippen LogP) is 3.20. The fourth-order valence-corrected chi connectivity index (χ4v) is 6.17. The Morgan fingerprint density at radius 3 is 2.53 bits per heavy atom. The van der Waals surface area contributed by atoms with Crippen LogP contribution in [0.15, 0.2) is 47.4 Å². The van der Waals surface area contributed by atoms with E-state index in [2.05, 4.69) is 36.9 Å². The molecular formula is C26H33N3O4S. The van der Waals surface area contributed by atoms with Gasteiger partial charge in [0, 0.05) is 56.4 Å². The van der Waals surface area contributed by atoms with E-state index in [-0.39, 0.29) is 34.9 Å². The van der Waals surface area contributed by atoms with Crippen LogP contribution < -0.4 is 9.80 Å². The van der Waals surface area contributed by atoms with E-state index >= 15 is 0 Å². The minimum absolute atomic E-state index is 0.0307. The Labute approximate surface area is 202 Å². The molecule has 7 nitrogen and oxygen atoms in total. The van der Waals surface area contributed by atoms with Crippen molar-refractivity contribution in [3.8, 4) is 0 Å². The summed E-state index contributed by atoms with van der Waals surface area (Å²) in [5, 5.41) is 0. The molecule has 4 rings (SSSR count). The predicted molar refractivity (Wildman–Crippen MR) is 134 cm³/mol. The summed E-state index contributed by atoms with van der Waals surface area (Å²) >= 11 is 0. The molecule has 0 aromatic heterocycles. The van der Waals surface area contributed by atoms with Crippen LogP contribution in [0.25, 0.3) is 0 Å². The second-order valence-corrected chi connectivity index (χ2v) is 11.3. The zero-order valence-corrected chi connectivity index (χ0v) is 21.0. The fourth-order valence-electron chi connectivity index (χ4n) is 4.89. The molecule has 0 unspecified atom stereocenters. The molecule has 0 bridgehead atoms. The van der Waals surface area contributed by atoms with Gasteiger partial charge in [-0.1, -0.05) is 19.1 Å². The molecule has 2 aromatic rings. The van der Waals surface area contributed by atoms with Crippen molar-refractivity contribution in [1.82, 2.24) is 4.90 Å². The largest absolute Gasteiger partial charge is 0.365 e. The normalized spacial score (nSPS) is 18.2. The maximum Gasteiger partial charge on any atom is 0.226 e. The van der Waals surface area contributed by atoms with E-state index in [1.165, 1.54) is 5.56 Å². The molecule has 2 aliphatic heterocycles. The van der Waals surface area contributed by atoms with Crippen LogP contribution in [0.5, 0.6) is 0 Å². The molecule has 182 valence electrons. The van der Waals surface area contributed by atoms with Crippen molar-refractivity contribution in [2.75, 3.05) is 41.7 Å². The summed E-state index contributed by atoms with van der Waals surface area (Å²) < 4.78 is 25.9. The number of nitrogens with zero attached hydrogens (tertiary/aromatic N) is 3. The molecule has 8 heteroatoms. The van der Waals surface area contributed by atoms with E-state index in [4.69, 9.17) is 0 Å². The lowest BCUT2D eigenvalue weighted by atomic mass is 10.1. The second kappa shape index (κ2) is 9.78. The number of piperazine rings is 1. The quantitative estimate of drug-likeness (QED) is 0.631. The van der Waals surface area contributed by atoms with Gasteiger partial charge in [0.05, 0.1) is 10.6 Å². The van der Waals surface area contributed by atoms with Gasteiger partial charge in [0.25, 0.3) is 0 Å². The number of hydrogen-bond acceptors (Lipinski definition) is 5. The number of fused-ring (bicyclic) bond motifs is 1. The van der Waals surface area contributed by atoms with Crippen molar-refractivity contribution in [2.24, 2.45) is 0 Å². The number of aryl methyl sites for hydroxylation is 1. The summed E-state index contributed by atoms with van der Waals surface area (Å²) in [4.78, 5) is 31.0. The number of benzene rings is 2. The number of carbonyl (C=O) groups excluding carboxylic acids is 2. The number of carbonyl (C=O) groups is 2. The Morgan fingerprint density at radius 1 is 1.03 bits per heavy atom. The van der Waals surface area contributed by atoms with E-state index in [9.17, 15) is 18.0 Å². The number of amides is 2. The van der Waals surface area contributed by atoms with Crippen molar-refractivity contribution in [2.45, 2.75) is 51.0 Å². The van der Waals surface area contributed by atoms with E-state index in [1.807, 2.05) is 13.0 Å². The molecule has 2 amide bonds. The van der Waals surface area contributed by atoms with E-state index < -0.39 is 9.84 Å². The van der Waals surface area contributed by atoms with Gasteiger partial charge in [0.2, 0.25) is 11.8 Å². The monoisotopic (exact) mass is 483 g/mol. The molecule has 0 saturated carbocycles. The van der Waals surface area contributed by atoms with Crippen LogP contribution in [0.4, 0.5) is 11.4 Å². The summed E-state index contributed by atoms with van der Waals surface area (Å²) in [6.45, 7) is 8.44. The van der Waals surface area contributed by atoms with Crippen LogP contribution in [0.3, 0.4) is 0 Å². The smallest absolute Gasteiger partial charge is 0.226 e. The Hall–Kier alpha value is -2.87. The Kier molecular flexibility index (Phi) is 6.98. The third-order valence-electron chi connectivity index (χ3n) is 6.81. The first-order valence-corrected chi connectivity index (χ1v) is 13.6. The molecule has 2 aromatic carbocycles. The van der Waals surface area contributed by atoms with Gasteiger partial charge >= 0.3 is 0 Å². The van der Waals surface area contributed by atoms with Crippen LogP contribution in [0, 0.1) is 6.92 Å². The molecule has 1 saturated heterocycles. The number of hydrogen-bond donors (Lipinski definition) is 0. The van der Waals surface area contributed by atoms with E-state index in [1.54, 1.807) is 28.0 Å². The van der Waals surface area contributed by atoms with Crippen LogP contribution >= 0.6 is 0 Å². The minimum Gasteiger partial charge on any atom is -0.365 e. The van der Waals surface area contributed by atoms with Gasteiger partial charge in [0.1, 0.15) is 0 Å². The van der Waals surface area contributed by atoms with Gasteiger partial charge in [0.15, 0.2) is 9.84 Å². The van der Waals surface area contributed by atoms with Crippen LogP contribution in [0.1, 0.15) is 37.8 Å². The second-order valence-electron chi connectivity index (χ2n) is 9.23. The first-order valence-electron chi connectivity index (χ1n) is 12.0. The summed E-state index contributed by atoms with van der Waals surface area (Å²) in [6, 6.07) is 13.4. The van der Waals surface area contributed by atoms with Crippen LogP contribution in [-0.4, -0.2) is 63.1 Å². The van der Waals surface area contributed by atoms with Crippen LogP contribution in [-0.2, 0) is 25.8 Å². The molecular weight excluding hydrogens is 450 g/mol. The van der Waals surface area contributed by atoms with Crippen LogP contribution in [0.2, 0.25) is 0 Å². The molecule has 1 fully saturated rings. The van der Waals surface area contributed by atoms with Gasteiger partial charge in [-0.2, -0.15) is 0 Å². The van der Waals surface area contributed by atoms with Gasteiger partial charge in [-0.3, -0.25) is 9.59 Å². The molecule has 0 spiro atoms. The minimum atomic E-state index is -3.59. The van der Waals surface area contributed by atoms with Gasteiger partial charge in [-0.15, -0.1) is 0 Å². The molecule has 34 heavy (non-hydrogen) atoms. The summed E-state index contributed by atoms with van der Waals surface area (Å²) in [5.74, 6) is -0.300. The van der Waals surface area contributed by atoms with Crippen molar-refractivity contribution < 1.29 is 18.0 Å². The molecule has 2 aliphatic rings.